The number of anilines is 1. The Hall–Kier alpha value is -1.47. The van der Waals surface area contributed by atoms with E-state index in [2.05, 4.69) is 20.0 Å². The zero-order chi connectivity index (χ0) is 12.3. The highest BCUT2D eigenvalue weighted by Gasteiger charge is 2.15. The molecule has 90 valence electrons. The molecule has 17 heavy (non-hydrogen) atoms. The van der Waals surface area contributed by atoms with Gasteiger partial charge < -0.3 is 10.1 Å². The minimum absolute atomic E-state index is 0.373. The van der Waals surface area contributed by atoms with Crippen molar-refractivity contribution in [1.29, 1.82) is 0 Å². The molecule has 0 saturated heterocycles. The van der Waals surface area contributed by atoms with E-state index in [4.69, 9.17) is 0 Å². The van der Waals surface area contributed by atoms with Crippen LogP contribution in [0.2, 0.25) is 0 Å². The summed E-state index contributed by atoms with van der Waals surface area (Å²) in [6, 6.07) is 0. The van der Waals surface area contributed by atoms with Crippen molar-refractivity contribution in [3.63, 3.8) is 0 Å². The van der Waals surface area contributed by atoms with Gasteiger partial charge in [0.25, 0.3) is 0 Å². The second-order valence-electron chi connectivity index (χ2n) is 3.25. The number of aryl methyl sites for hydroxylation is 1. The highest BCUT2D eigenvalue weighted by atomic mass is 32.1. The number of hydrogen-bond acceptors (Lipinski definition) is 7. The molecule has 2 heterocycles. The second kappa shape index (κ2) is 5.24. The topological polar surface area (TPSA) is 64.1 Å². The number of carbonyl (C=O) groups excluding carboxylic acids is 1. The summed E-state index contributed by atoms with van der Waals surface area (Å²) >= 11 is 2.98. The molecule has 7 heteroatoms. The number of aromatic nitrogens is 2. The van der Waals surface area contributed by atoms with E-state index in [9.17, 15) is 4.79 Å². The molecule has 0 aromatic carbocycles. The van der Waals surface area contributed by atoms with Gasteiger partial charge in [-0.15, -0.1) is 22.7 Å². The number of nitrogens with zero attached hydrogens (tertiary/aromatic N) is 2. The molecular formula is C10H11N3O2S2. The largest absolute Gasteiger partial charge is 0.464 e. The summed E-state index contributed by atoms with van der Waals surface area (Å²) in [5, 5.41) is 5.80. The van der Waals surface area contributed by atoms with Gasteiger partial charge in [-0.2, -0.15) is 0 Å². The molecule has 0 saturated carbocycles. The Morgan fingerprint density at radius 3 is 3.06 bits per heavy atom. The van der Waals surface area contributed by atoms with E-state index in [-0.39, 0.29) is 0 Å². The highest BCUT2D eigenvalue weighted by Crippen LogP contribution is 2.23. The Balaban J connectivity index is 2.05. The van der Waals surface area contributed by atoms with E-state index in [1.54, 1.807) is 16.8 Å². The molecule has 0 unspecified atom stereocenters. The fourth-order valence-corrected chi connectivity index (χ4v) is 2.60. The van der Waals surface area contributed by atoms with Gasteiger partial charge in [-0.1, -0.05) is 0 Å². The summed E-state index contributed by atoms with van der Waals surface area (Å²) in [7, 11) is 1.35. The van der Waals surface area contributed by atoms with Gasteiger partial charge in [-0.25, -0.2) is 14.8 Å². The highest BCUT2D eigenvalue weighted by molar-refractivity contribution is 7.15. The Labute approximate surface area is 106 Å². The minimum Gasteiger partial charge on any atom is -0.464 e. The molecule has 0 amide bonds. The lowest BCUT2D eigenvalue weighted by Crippen LogP contribution is -2.04. The molecule has 5 nitrogen and oxygen atoms in total. The predicted octanol–water partition coefficient (Wildman–Crippen LogP) is 2.31. The lowest BCUT2D eigenvalue weighted by Gasteiger charge is -1.98. The number of esters is 1. The van der Waals surface area contributed by atoms with Crippen molar-refractivity contribution in [2.24, 2.45) is 0 Å². The minimum atomic E-state index is -0.402. The summed E-state index contributed by atoms with van der Waals surface area (Å²) in [6.45, 7) is 2.45. The van der Waals surface area contributed by atoms with Gasteiger partial charge in [0.2, 0.25) is 0 Å². The number of ether oxygens (including phenoxy) is 1. The van der Waals surface area contributed by atoms with Crippen molar-refractivity contribution < 1.29 is 9.53 Å². The van der Waals surface area contributed by atoms with Crippen LogP contribution in [0.3, 0.4) is 0 Å². The van der Waals surface area contributed by atoms with Crippen molar-refractivity contribution in [3.8, 4) is 0 Å². The first-order valence-electron chi connectivity index (χ1n) is 4.87. The van der Waals surface area contributed by atoms with Crippen molar-refractivity contribution in [1.82, 2.24) is 9.97 Å². The molecule has 2 aromatic rings. The van der Waals surface area contributed by atoms with Crippen molar-refractivity contribution >= 4 is 33.8 Å². The molecule has 0 aliphatic heterocycles. The summed E-state index contributed by atoms with van der Waals surface area (Å²) in [4.78, 5) is 20.6. The predicted molar refractivity (Wildman–Crippen MR) is 67.6 cm³/mol. The lowest BCUT2D eigenvalue weighted by molar-refractivity contribution is 0.0594. The average molecular weight is 269 g/mol. The van der Waals surface area contributed by atoms with E-state index >= 15 is 0 Å². The van der Waals surface area contributed by atoms with Gasteiger partial charge >= 0.3 is 5.97 Å². The lowest BCUT2D eigenvalue weighted by atomic mass is 10.4. The van der Waals surface area contributed by atoms with Crippen LogP contribution in [0.5, 0.6) is 0 Å². The number of hydrogen-bond donors (Lipinski definition) is 1. The quantitative estimate of drug-likeness (QED) is 0.863. The van der Waals surface area contributed by atoms with Crippen molar-refractivity contribution in [2.75, 3.05) is 12.4 Å². The molecule has 0 aliphatic rings. The third-order valence-electron chi connectivity index (χ3n) is 2.08. The third-order valence-corrected chi connectivity index (χ3v) is 3.64. The maximum Gasteiger partial charge on any atom is 0.357 e. The first-order chi connectivity index (χ1) is 8.20. The molecule has 2 aromatic heterocycles. The summed E-state index contributed by atoms with van der Waals surface area (Å²) in [5.41, 5.74) is 3.12. The Morgan fingerprint density at radius 2 is 2.41 bits per heavy atom. The first kappa shape index (κ1) is 12.0. The number of nitrogens with one attached hydrogen (secondary N) is 1. The molecule has 0 fully saturated rings. The first-order valence-corrected chi connectivity index (χ1v) is 6.63. The number of rotatable bonds is 4. The van der Waals surface area contributed by atoms with Crippen LogP contribution in [0.4, 0.5) is 5.13 Å². The summed E-state index contributed by atoms with van der Waals surface area (Å²) in [6.07, 6.45) is 0. The fraction of sp³-hybridized carbons (Fsp3) is 0.300. The van der Waals surface area contributed by atoms with Crippen molar-refractivity contribution in [2.45, 2.75) is 13.5 Å². The van der Waals surface area contributed by atoms with Crippen LogP contribution in [0.15, 0.2) is 10.9 Å². The third kappa shape index (κ3) is 2.80. The molecule has 0 spiro atoms. The van der Waals surface area contributed by atoms with Crippen LogP contribution in [-0.2, 0) is 11.3 Å². The zero-order valence-electron chi connectivity index (χ0n) is 9.39. The average Bonchev–Trinajstić information content (AvgIpc) is 2.94. The zero-order valence-corrected chi connectivity index (χ0v) is 11.0. The molecule has 0 bridgehead atoms. The molecule has 1 N–H and O–H groups in total. The Morgan fingerprint density at radius 1 is 1.59 bits per heavy atom. The van der Waals surface area contributed by atoms with Gasteiger partial charge in [0, 0.05) is 10.3 Å². The smallest absolute Gasteiger partial charge is 0.357 e. The molecule has 0 radical (unpaired) electrons. The maximum absolute atomic E-state index is 11.4. The van der Waals surface area contributed by atoms with Crippen LogP contribution in [0.25, 0.3) is 0 Å². The second-order valence-corrected chi connectivity index (χ2v) is 5.17. The normalized spacial score (nSPS) is 10.2. The number of methoxy groups -OCH3 is 1. The number of carbonyl (C=O) groups is 1. The van der Waals surface area contributed by atoms with Crippen LogP contribution in [0, 0.1) is 6.92 Å². The van der Waals surface area contributed by atoms with Gasteiger partial charge in [0.05, 0.1) is 24.9 Å². The van der Waals surface area contributed by atoms with Crippen molar-refractivity contribution in [3.05, 3.63) is 27.2 Å². The monoisotopic (exact) mass is 269 g/mol. The molecule has 0 atom stereocenters. The van der Waals surface area contributed by atoms with Gasteiger partial charge in [0.1, 0.15) is 0 Å². The SMILES string of the molecule is COC(=O)c1nc(NCc2cscn2)sc1C. The number of thiazole rings is 2. The van der Waals surface area contributed by atoms with Crippen LogP contribution in [-0.4, -0.2) is 23.0 Å². The van der Waals surface area contributed by atoms with E-state index in [1.807, 2.05) is 12.3 Å². The van der Waals surface area contributed by atoms with E-state index < -0.39 is 5.97 Å². The van der Waals surface area contributed by atoms with Crippen LogP contribution in [0.1, 0.15) is 21.1 Å². The van der Waals surface area contributed by atoms with Crippen LogP contribution >= 0.6 is 22.7 Å². The molecular weight excluding hydrogens is 258 g/mol. The summed E-state index contributed by atoms with van der Waals surface area (Å²) < 4.78 is 4.65. The Kier molecular flexibility index (Phi) is 3.70. The van der Waals surface area contributed by atoms with Gasteiger partial charge in [-0.3, -0.25) is 0 Å². The maximum atomic E-state index is 11.4. The fourth-order valence-electron chi connectivity index (χ4n) is 1.25. The van der Waals surface area contributed by atoms with E-state index in [1.165, 1.54) is 18.4 Å². The van der Waals surface area contributed by atoms with Gasteiger partial charge in [0.15, 0.2) is 10.8 Å². The summed E-state index contributed by atoms with van der Waals surface area (Å²) in [5.74, 6) is -0.402. The standard InChI is InChI=1S/C10H11N3O2S2/c1-6-8(9(14)15-2)13-10(17-6)11-3-7-4-16-5-12-7/h4-5H,3H2,1-2H3,(H,11,13). The molecule has 2 rings (SSSR count). The van der Waals surface area contributed by atoms with E-state index in [0.29, 0.717) is 17.4 Å². The van der Waals surface area contributed by atoms with Gasteiger partial charge in [-0.05, 0) is 6.92 Å². The van der Waals surface area contributed by atoms with E-state index in [0.717, 1.165) is 10.6 Å². The Bertz CT molecular complexity index is 508. The van der Waals surface area contributed by atoms with Crippen LogP contribution < -0.4 is 5.32 Å². The molecule has 0 aliphatic carbocycles.